The monoisotopic (exact) mass is 383 g/mol. The Balaban J connectivity index is 1.62. The van der Waals surface area contributed by atoms with E-state index in [1.54, 1.807) is 14.2 Å². The van der Waals surface area contributed by atoms with Gasteiger partial charge in [-0.25, -0.2) is 0 Å². The van der Waals surface area contributed by atoms with Crippen LogP contribution >= 0.6 is 0 Å². The summed E-state index contributed by atoms with van der Waals surface area (Å²) in [7, 11) is 3.28. The minimum Gasteiger partial charge on any atom is -0.497 e. The highest BCUT2D eigenvalue weighted by Crippen LogP contribution is 2.32. The summed E-state index contributed by atoms with van der Waals surface area (Å²) in [5.41, 5.74) is 3.38. The summed E-state index contributed by atoms with van der Waals surface area (Å²) in [6, 6.07) is 12.0. The number of aryl methyl sites for hydroxylation is 2. The molecule has 0 unspecified atom stereocenters. The van der Waals surface area contributed by atoms with Gasteiger partial charge in [-0.1, -0.05) is 6.07 Å². The van der Waals surface area contributed by atoms with E-state index in [4.69, 9.17) is 14.2 Å². The lowest BCUT2D eigenvalue weighted by Gasteiger charge is -2.24. The molecule has 150 valence electrons. The second kappa shape index (κ2) is 9.00. The Morgan fingerprint density at radius 3 is 2.39 bits per heavy atom. The van der Waals surface area contributed by atoms with Crippen LogP contribution in [0.5, 0.6) is 17.2 Å². The summed E-state index contributed by atoms with van der Waals surface area (Å²) < 4.78 is 16.6. The lowest BCUT2D eigenvalue weighted by molar-refractivity contribution is -0.133. The molecule has 3 rings (SSSR count). The number of rotatable bonds is 9. The van der Waals surface area contributed by atoms with Crippen LogP contribution in [0.1, 0.15) is 36.0 Å². The number of ether oxygens (including phenoxy) is 3. The lowest BCUT2D eigenvalue weighted by atomic mass is 10.1. The molecule has 0 atom stereocenters. The molecular formula is C23H29NO4. The highest BCUT2D eigenvalue weighted by molar-refractivity contribution is 5.77. The lowest BCUT2D eigenvalue weighted by Crippen LogP contribution is -2.33. The fourth-order valence-electron chi connectivity index (χ4n) is 3.20. The Hall–Kier alpha value is -2.69. The van der Waals surface area contributed by atoms with Crippen LogP contribution in [0.2, 0.25) is 0 Å². The van der Waals surface area contributed by atoms with E-state index in [0.29, 0.717) is 25.6 Å². The van der Waals surface area contributed by atoms with Crippen LogP contribution in [0.4, 0.5) is 0 Å². The fourth-order valence-corrected chi connectivity index (χ4v) is 3.20. The van der Waals surface area contributed by atoms with E-state index in [0.717, 1.165) is 35.7 Å². The second-order valence-corrected chi connectivity index (χ2v) is 7.28. The molecule has 0 aromatic heterocycles. The number of hydrogen-bond acceptors (Lipinski definition) is 4. The first kappa shape index (κ1) is 20.1. The van der Waals surface area contributed by atoms with Gasteiger partial charge in [0.05, 0.1) is 27.2 Å². The molecule has 0 radical (unpaired) electrons. The van der Waals surface area contributed by atoms with Crippen molar-refractivity contribution >= 4 is 5.91 Å². The average Bonchev–Trinajstić information content (AvgIpc) is 3.53. The zero-order valence-corrected chi connectivity index (χ0v) is 17.2. The third kappa shape index (κ3) is 4.97. The highest BCUT2D eigenvalue weighted by Gasteiger charge is 2.33. The number of methoxy groups -OCH3 is 2. The fraction of sp³-hybridized carbons (Fsp3) is 0.435. The second-order valence-electron chi connectivity index (χ2n) is 7.28. The summed E-state index contributed by atoms with van der Waals surface area (Å²) in [5, 5.41) is 0. The highest BCUT2D eigenvalue weighted by atomic mass is 16.5. The van der Waals surface area contributed by atoms with Crippen molar-refractivity contribution in [3.8, 4) is 17.2 Å². The Kier molecular flexibility index (Phi) is 6.45. The normalized spacial score (nSPS) is 13.1. The molecule has 2 aromatic rings. The third-order valence-corrected chi connectivity index (χ3v) is 5.20. The Bertz CT molecular complexity index is 829. The van der Waals surface area contributed by atoms with Gasteiger partial charge in [0.1, 0.15) is 17.2 Å². The SMILES string of the molecule is COc1ccc(OC)c(CN(C(=O)CCOc2ccc(C)c(C)c2)C2CC2)c1. The summed E-state index contributed by atoms with van der Waals surface area (Å²) in [6.45, 7) is 5.03. The molecule has 0 N–H and O–H groups in total. The third-order valence-electron chi connectivity index (χ3n) is 5.20. The molecule has 0 heterocycles. The van der Waals surface area contributed by atoms with Gasteiger partial charge >= 0.3 is 0 Å². The molecule has 5 nitrogen and oxygen atoms in total. The van der Waals surface area contributed by atoms with Crippen molar-refractivity contribution in [1.82, 2.24) is 4.90 Å². The zero-order valence-electron chi connectivity index (χ0n) is 17.2. The number of carbonyl (C=O) groups excluding carboxylic acids is 1. The molecule has 5 heteroatoms. The van der Waals surface area contributed by atoms with Crippen molar-refractivity contribution in [3.63, 3.8) is 0 Å². The van der Waals surface area contributed by atoms with Gasteiger partial charge in [0.15, 0.2) is 0 Å². The zero-order chi connectivity index (χ0) is 20.1. The molecule has 1 saturated carbocycles. The van der Waals surface area contributed by atoms with Crippen LogP contribution in [0.25, 0.3) is 0 Å². The smallest absolute Gasteiger partial charge is 0.226 e. The van der Waals surface area contributed by atoms with Crippen LogP contribution in [0.3, 0.4) is 0 Å². The van der Waals surface area contributed by atoms with E-state index in [1.807, 2.05) is 41.3 Å². The van der Waals surface area contributed by atoms with Crippen molar-refractivity contribution in [2.24, 2.45) is 0 Å². The molecule has 0 aliphatic heterocycles. The largest absolute Gasteiger partial charge is 0.497 e. The van der Waals surface area contributed by atoms with Crippen molar-refractivity contribution < 1.29 is 19.0 Å². The van der Waals surface area contributed by atoms with Gasteiger partial charge in [0, 0.05) is 18.2 Å². The van der Waals surface area contributed by atoms with Crippen molar-refractivity contribution in [3.05, 3.63) is 53.1 Å². The number of amides is 1. The first-order valence-corrected chi connectivity index (χ1v) is 9.72. The van der Waals surface area contributed by atoms with Crippen molar-refractivity contribution in [1.29, 1.82) is 0 Å². The quantitative estimate of drug-likeness (QED) is 0.648. The minimum absolute atomic E-state index is 0.108. The van der Waals surface area contributed by atoms with E-state index in [-0.39, 0.29) is 5.91 Å². The van der Waals surface area contributed by atoms with Gasteiger partial charge in [-0.2, -0.15) is 0 Å². The molecular weight excluding hydrogens is 354 g/mol. The molecule has 2 aromatic carbocycles. The summed E-state index contributed by atoms with van der Waals surface area (Å²) in [4.78, 5) is 14.8. The molecule has 28 heavy (non-hydrogen) atoms. The molecule has 0 saturated heterocycles. The molecule has 1 aliphatic carbocycles. The van der Waals surface area contributed by atoms with Gasteiger partial charge < -0.3 is 19.1 Å². The number of carbonyl (C=O) groups is 1. The summed E-state index contributed by atoms with van der Waals surface area (Å²) in [5.74, 6) is 2.45. The molecule has 1 fully saturated rings. The maximum atomic E-state index is 12.9. The first-order chi connectivity index (χ1) is 13.5. The average molecular weight is 383 g/mol. The van der Waals surface area contributed by atoms with Gasteiger partial charge in [-0.3, -0.25) is 4.79 Å². The number of benzene rings is 2. The first-order valence-electron chi connectivity index (χ1n) is 9.72. The molecule has 1 aliphatic rings. The number of nitrogens with zero attached hydrogens (tertiary/aromatic N) is 1. The van der Waals surface area contributed by atoms with Gasteiger partial charge in [0.2, 0.25) is 5.91 Å². The van der Waals surface area contributed by atoms with E-state index >= 15 is 0 Å². The Morgan fingerprint density at radius 1 is 1.00 bits per heavy atom. The van der Waals surface area contributed by atoms with E-state index < -0.39 is 0 Å². The van der Waals surface area contributed by atoms with Crippen molar-refractivity contribution in [2.75, 3.05) is 20.8 Å². The predicted molar refractivity (Wildman–Crippen MR) is 109 cm³/mol. The van der Waals surface area contributed by atoms with E-state index in [9.17, 15) is 4.79 Å². The molecule has 1 amide bonds. The maximum absolute atomic E-state index is 12.9. The Labute approximate surface area is 167 Å². The standard InChI is InChI=1S/C23H29NO4/c1-16-5-8-21(13-17(16)2)28-12-11-23(25)24(19-6-7-19)15-18-14-20(26-3)9-10-22(18)27-4/h5,8-10,13-14,19H,6-7,11-12,15H2,1-4H3. The Morgan fingerprint density at radius 2 is 1.75 bits per heavy atom. The van der Waals surface area contributed by atoms with Gasteiger partial charge in [-0.15, -0.1) is 0 Å². The summed E-state index contributed by atoms with van der Waals surface area (Å²) in [6.07, 6.45) is 2.46. The van der Waals surface area contributed by atoms with Gasteiger partial charge in [0.25, 0.3) is 0 Å². The van der Waals surface area contributed by atoms with Gasteiger partial charge in [-0.05, 0) is 68.1 Å². The van der Waals surface area contributed by atoms with E-state index in [2.05, 4.69) is 13.8 Å². The molecule has 0 bridgehead atoms. The topological polar surface area (TPSA) is 48.0 Å². The van der Waals surface area contributed by atoms with Crippen LogP contribution in [-0.2, 0) is 11.3 Å². The molecule has 0 spiro atoms. The maximum Gasteiger partial charge on any atom is 0.226 e. The van der Waals surface area contributed by atoms with Crippen molar-refractivity contribution in [2.45, 2.75) is 45.7 Å². The predicted octanol–water partition coefficient (Wildman–Crippen LogP) is 4.28. The summed E-state index contributed by atoms with van der Waals surface area (Å²) >= 11 is 0. The van der Waals surface area contributed by atoms with Crippen LogP contribution in [0, 0.1) is 13.8 Å². The number of hydrogen-bond donors (Lipinski definition) is 0. The van der Waals surface area contributed by atoms with Crippen LogP contribution < -0.4 is 14.2 Å². The minimum atomic E-state index is 0.108. The van der Waals surface area contributed by atoms with E-state index in [1.165, 1.54) is 11.1 Å². The van der Waals surface area contributed by atoms with Crippen LogP contribution in [-0.4, -0.2) is 37.7 Å². The van der Waals surface area contributed by atoms with Crippen LogP contribution in [0.15, 0.2) is 36.4 Å².